The van der Waals surface area contributed by atoms with E-state index in [1.165, 1.54) is 16.5 Å². The third kappa shape index (κ3) is 3.00. The summed E-state index contributed by atoms with van der Waals surface area (Å²) in [7, 11) is 0. The number of hydrogen-bond acceptors (Lipinski definition) is 1. The van der Waals surface area contributed by atoms with Gasteiger partial charge >= 0.3 is 0 Å². The molecule has 0 radical (unpaired) electrons. The van der Waals surface area contributed by atoms with Crippen molar-refractivity contribution in [3.05, 3.63) is 36.0 Å². The summed E-state index contributed by atoms with van der Waals surface area (Å²) in [6, 6.07) is 8.40. The predicted octanol–water partition coefficient (Wildman–Crippen LogP) is 3.48. The Labute approximate surface area is 103 Å². The van der Waals surface area contributed by atoms with Crippen molar-refractivity contribution in [2.24, 2.45) is 0 Å². The Balaban J connectivity index is 0.00000128. The number of benzene rings is 1. The van der Waals surface area contributed by atoms with E-state index in [1.54, 1.807) is 0 Å². The van der Waals surface area contributed by atoms with Gasteiger partial charge in [-0.25, -0.2) is 0 Å². The average Bonchev–Trinajstić information content (AvgIpc) is 2.57. The summed E-state index contributed by atoms with van der Waals surface area (Å²) in [5.41, 5.74) is 2.71. The first-order valence-corrected chi connectivity index (χ1v) is 5.36. The molecule has 3 heteroatoms. The van der Waals surface area contributed by atoms with Crippen LogP contribution in [0.4, 0.5) is 0 Å². The SMILES string of the molecule is CC(C)(C)NCc1c[nH]c2ccccc12.Cl. The molecule has 0 amide bonds. The minimum atomic E-state index is 0. The van der Waals surface area contributed by atoms with Gasteiger partial charge in [0.25, 0.3) is 0 Å². The molecule has 0 aliphatic heterocycles. The summed E-state index contributed by atoms with van der Waals surface area (Å²) < 4.78 is 0. The normalized spacial score (nSPS) is 11.4. The van der Waals surface area contributed by atoms with E-state index < -0.39 is 0 Å². The highest BCUT2D eigenvalue weighted by Crippen LogP contribution is 2.17. The molecule has 1 aromatic heterocycles. The maximum atomic E-state index is 3.50. The van der Waals surface area contributed by atoms with Gasteiger partial charge in [-0.2, -0.15) is 0 Å². The van der Waals surface area contributed by atoms with Crippen LogP contribution in [-0.4, -0.2) is 10.5 Å². The van der Waals surface area contributed by atoms with E-state index in [0.717, 1.165) is 6.54 Å². The lowest BCUT2D eigenvalue weighted by atomic mass is 10.1. The third-order valence-electron chi connectivity index (χ3n) is 2.48. The lowest BCUT2D eigenvalue weighted by Gasteiger charge is -2.20. The number of aromatic nitrogens is 1. The summed E-state index contributed by atoms with van der Waals surface area (Å²) >= 11 is 0. The van der Waals surface area contributed by atoms with Crippen molar-refractivity contribution < 1.29 is 0 Å². The van der Waals surface area contributed by atoms with E-state index >= 15 is 0 Å². The van der Waals surface area contributed by atoms with E-state index in [2.05, 4.69) is 61.5 Å². The molecule has 2 N–H and O–H groups in total. The molecule has 88 valence electrons. The first-order valence-electron chi connectivity index (χ1n) is 5.36. The molecule has 0 saturated carbocycles. The third-order valence-corrected chi connectivity index (χ3v) is 2.48. The Kier molecular flexibility index (Phi) is 4.00. The van der Waals surface area contributed by atoms with E-state index in [9.17, 15) is 0 Å². The minimum Gasteiger partial charge on any atom is -0.361 e. The second-order valence-corrected chi connectivity index (χ2v) is 4.96. The highest BCUT2D eigenvalue weighted by Gasteiger charge is 2.10. The van der Waals surface area contributed by atoms with Gasteiger partial charge in [0, 0.05) is 29.2 Å². The van der Waals surface area contributed by atoms with Crippen LogP contribution >= 0.6 is 12.4 Å². The van der Waals surface area contributed by atoms with E-state index in [4.69, 9.17) is 0 Å². The molecule has 1 heterocycles. The number of H-pyrrole nitrogens is 1. The van der Waals surface area contributed by atoms with Gasteiger partial charge in [0.15, 0.2) is 0 Å². The number of hydrogen-bond donors (Lipinski definition) is 2. The number of para-hydroxylation sites is 1. The molecule has 0 fully saturated rings. The van der Waals surface area contributed by atoms with Gasteiger partial charge in [-0.1, -0.05) is 18.2 Å². The summed E-state index contributed by atoms with van der Waals surface area (Å²) in [5, 5.41) is 4.81. The molecule has 16 heavy (non-hydrogen) atoms. The average molecular weight is 239 g/mol. The maximum Gasteiger partial charge on any atom is 0.0457 e. The molecule has 1 aromatic carbocycles. The fraction of sp³-hybridized carbons (Fsp3) is 0.385. The maximum absolute atomic E-state index is 3.50. The van der Waals surface area contributed by atoms with Crippen LogP contribution in [0, 0.1) is 0 Å². The quantitative estimate of drug-likeness (QED) is 0.824. The fourth-order valence-electron chi connectivity index (χ4n) is 1.64. The molecule has 0 unspecified atom stereocenters. The van der Waals surface area contributed by atoms with Crippen LogP contribution in [-0.2, 0) is 6.54 Å². The summed E-state index contributed by atoms with van der Waals surface area (Å²) in [6.45, 7) is 7.46. The van der Waals surface area contributed by atoms with Gasteiger partial charge in [-0.05, 0) is 32.4 Å². The number of fused-ring (bicyclic) bond motifs is 1. The van der Waals surface area contributed by atoms with Crippen molar-refractivity contribution in [3.8, 4) is 0 Å². The number of nitrogens with one attached hydrogen (secondary N) is 2. The Bertz CT molecular complexity index is 454. The van der Waals surface area contributed by atoms with Gasteiger partial charge in [-0.15, -0.1) is 12.4 Å². The topological polar surface area (TPSA) is 27.8 Å². The van der Waals surface area contributed by atoms with Crippen molar-refractivity contribution in [1.82, 2.24) is 10.3 Å². The van der Waals surface area contributed by atoms with Crippen LogP contribution in [0.2, 0.25) is 0 Å². The molecule has 0 saturated heterocycles. The van der Waals surface area contributed by atoms with Crippen molar-refractivity contribution in [1.29, 1.82) is 0 Å². The van der Waals surface area contributed by atoms with Gasteiger partial charge in [0.05, 0.1) is 0 Å². The first-order chi connectivity index (χ1) is 7.06. The molecule has 0 spiro atoms. The van der Waals surface area contributed by atoms with Crippen molar-refractivity contribution >= 4 is 23.3 Å². The standard InChI is InChI=1S/C13H18N2.ClH/c1-13(2,3)15-9-10-8-14-12-7-5-4-6-11(10)12;/h4-8,14-15H,9H2,1-3H3;1H. The molecule has 2 nitrogen and oxygen atoms in total. The highest BCUT2D eigenvalue weighted by molar-refractivity contribution is 5.85. The van der Waals surface area contributed by atoms with Crippen molar-refractivity contribution in [2.45, 2.75) is 32.9 Å². The monoisotopic (exact) mass is 238 g/mol. The largest absolute Gasteiger partial charge is 0.361 e. The minimum absolute atomic E-state index is 0. The number of halogens is 1. The van der Waals surface area contributed by atoms with Gasteiger partial charge < -0.3 is 10.3 Å². The molecule has 0 bridgehead atoms. The Morgan fingerprint density at radius 1 is 1.19 bits per heavy atom. The summed E-state index contributed by atoms with van der Waals surface area (Å²) in [6.07, 6.45) is 2.09. The van der Waals surface area contributed by atoms with Gasteiger partial charge in [0.2, 0.25) is 0 Å². The van der Waals surface area contributed by atoms with Crippen molar-refractivity contribution in [2.75, 3.05) is 0 Å². The zero-order valence-corrected chi connectivity index (χ0v) is 10.8. The molecule has 0 atom stereocenters. The Morgan fingerprint density at radius 2 is 1.88 bits per heavy atom. The summed E-state index contributed by atoms with van der Waals surface area (Å²) in [5.74, 6) is 0. The second kappa shape index (κ2) is 4.89. The van der Waals surface area contributed by atoms with Crippen LogP contribution in [0.1, 0.15) is 26.3 Å². The van der Waals surface area contributed by atoms with E-state index in [0.29, 0.717) is 0 Å². The molecule has 0 aliphatic carbocycles. The zero-order valence-electron chi connectivity index (χ0n) is 10.0. The molecule has 2 rings (SSSR count). The summed E-state index contributed by atoms with van der Waals surface area (Å²) in [4.78, 5) is 3.28. The number of rotatable bonds is 2. The second-order valence-electron chi connectivity index (χ2n) is 4.96. The smallest absolute Gasteiger partial charge is 0.0457 e. The van der Waals surface area contributed by atoms with Crippen LogP contribution in [0.25, 0.3) is 10.9 Å². The van der Waals surface area contributed by atoms with Crippen LogP contribution in [0.15, 0.2) is 30.5 Å². The predicted molar refractivity (Wildman–Crippen MR) is 72.1 cm³/mol. The van der Waals surface area contributed by atoms with Gasteiger partial charge in [-0.3, -0.25) is 0 Å². The highest BCUT2D eigenvalue weighted by atomic mass is 35.5. The Hall–Kier alpha value is -0.990. The van der Waals surface area contributed by atoms with E-state index in [1.807, 2.05) is 0 Å². The molecule has 2 aromatic rings. The zero-order chi connectivity index (χ0) is 10.9. The van der Waals surface area contributed by atoms with Crippen LogP contribution < -0.4 is 5.32 Å². The first kappa shape index (κ1) is 13.1. The van der Waals surface area contributed by atoms with Crippen molar-refractivity contribution in [3.63, 3.8) is 0 Å². The number of aromatic amines is 1. The van der Waals surface area contributed by atoms with Crippen LogP contribution in [0.5, 0.6) is 0 Å². The Morgan fingerprint density at radius 3 is 2.56 bits per heavy atom. The lowest BCUT2D eigenvalue weighted by molar-refractivity contribution is 0.425. The van der Waals surface area contributed by atoms with E-state index in [-0.39, 0.29) is 17.9 Å². The fourth-order valence-corrected chi connectivity index (χ4v) is 1.64. The lowest BCUT2D eigenvalue weighted by Crippen LogP contribution is -2.34. The van der Waals surface area contributed by atoms with Gasteiger partial charge in [0.1, 0.15) is 0 Å². The molecule has 0 aliphatic rings. The molecular weight excluding hydrogens is 220 g/mol. The van der Waals surface area contributed by atoms with Crippen LogP contribution in [0.3, 0.4) is 0 Å². The molecular formula is C13H19ClN2.